The number of nitrogens with zero attached hydrogens (tertiary/aromatic N) is 2. The summed E-state index contributed by atoms with van der Waals surface area (Å²) in [6.07, 6.45) is 4.74. The van der Waals surface area contributed by atoms with Gasteiger partial charge >= 0.3 is 0 Å². The highest BCUT2D eigenvalue weighted by molar-refractivity contribution is 6.11. The summed E-state index contributed by atoms with van der Waals surface area (Å²) in [5.74, 6) is -0.0196. The molecule has 0 bridgehead atoms. The smallest absolute Gasteiger partial charge is 0.246 e. The molecule has 0 aliphatic carbocycles. The van der Waals surface area contributed by atoms with Gasteiger partial charge in [-0.2, -0.15) is 0 Å². The molecule has 60 valence electrons. The molecule has 0 atom stereocenters. The van der Waals surface area contributed by atoms with E-state index < -0.39 is 0 Å². The van der Waals surface area contributed by atoms with E-state index in [-0.39, 0.29) is 5.91 Å². The van der Waals surface area contributed by atoms with Crippen LogP contribution in [0.1, 0.15) is 18.4 Å². The number of aliphatic imine (C=N–C) groups is 1. The van der Waals surface area contributed by atoms with Gasteiger partial charge in [-0.15, -0.1) is 0 Å². The Morgan fingerprint density at radius 3 is 2.83 bits per heavy atom. The first kappa shape index (κ1) is 7.16. The maximum absolute atomic E-state index is 10.8. The molecule has 0 radical (unpaired) electrons. The molecule has 1 aliphatic heterocycles. The Labute approximate surface area is 70.2 Å². The third-order valence-corrected chi connectivity index (χ3v) is 1.83. The predicted octanol–water partition coefficient (Wildman–Crippen LogP) is 1.19. The average Bonchev–Trinajstić information content (AvgIpc) is 2.54. The molecule has 2 rings (SSSR count). The fourth-order valence-electron chi connectivity index (χ4n) is 1.23. The van der Waals surface area contributed by atoms with Gasteiger partial charge in [0.15, 0.2) is 0 Å². The van der Waals surface area contributed by atoms with Gasteiger partial charge in [-0.3, -0.25) is 9.78 Å². The minimum absolute atomic E-state index is 0.0196. The molecule has 0 spiro atoms. The number of aromatic nitrogens is 1. The van der Waals surface area contributed by atoms with Gasteiger partial charge in [0.1, 0.15) is 0 Å². The van der Waals surface area contributed by atoms with Crippen LogP contribution in [0.4, 0.5) is 0 Å². The van der Waals surface area contributed by atoms with Gasteiger partial charge in [0, 0.05) is 24.4 Å². The van der Waals surface area contributed by atoms with Crippen LogP contribution in [0.25, 0.3) is 0 Å². The Balaban J connectivity index is 2.33. The quantitative estimate of drug-likeness (QED) is 0.619. The molecule has 0 N–H and O–H groups in total. The minimum atomic E-state index is -0.0196. The van der Waals surface area contributed by atoms with Crippen LogP contribution in [0.3, 0.4) is 0 Å². The molecule has 1 aromatic heterocycles. The van der Waals surface area contributed by atoms with E-state index in [0.717, 1.165) is 17.7 Å². The zero-order chi connectivity index (χ0) is 8.39. The fourth-order valence-corrected chi connectivity index (χ4v) is 1.23. The van der Waals surface area contributed by atoms with Gasteiger partial charge in [-0.05, 0) is 12.5 Å². The van der Waals surface area contributed by atoms with E-state index in [4.69, 9.17) is 0 Å². The number of carbonyl (C=O) groups is 1. The van der Waals surface area contributed by atoms with E-state index in [1.54, 1.807) is 12.4 Å². The van der Waals surface area contributed by atoms with E-state index in [2.05, 4.69) is 9.98 Å². The Morgan fingerprint density at radius 2 is 2.25 bits per heavy atom. The van der Waals surface area contributed by atoms with Crippen molar-refractivity contribution >= 4 is 11.6 Å². The first-order valence-corrected chi connectivity index (χ1v) is 3.87. The molecule has 0 aromatic carbocycles. The first-order chi connectivity index (χ1) is 5.86. The molecule has 0 fully saturated rings. The number of amides is 1. The van der Waals surface area contributed by atoms with Crippen LogP contribution in [-0.2, 0) is 4.79 Å². The van der Waals surface area contributed by atoms with Gasteiger partial charge in [0.25, 0.3) is 0 Å². The third-order valence-electron chi connectivity index (χ3n) is 1.83. The Morgan fingerprint density at radius 1 is 1.33 bits per heavy atom. The van der Waals surface area contributed by atoms with Crippen molar-refractivity contribution in [3.63, 3.8) is 0 Å². The topological polar surface area (TPSA) is 42.3 Å². The van der Waals surface area contributed by atoms with Crippen LogP contribution in [-0.4, -0.2) is 16.6 Å². The van der Waals surface area contributed by atoms with Gasteiger partial charge in [0.05, 0.1) is 5.71 Å². The SMILES string of the molecule is O=C1CCC(c2cccnc2)=N1. The van der Waals surface area contributed by atoms with E-state index >= 15 is 0 Å². The Bertz CT molecular complexity index is 330. The van der Waals surface area contributed by atoms with Crippen LogP contribution >= 0.6 is 0 Å². The lowest BCUT2D eigenvalue weighted by Crippen LogP contribution is -1.95. The van der Waals surface area contributed by atoms with Crippen LogP contribution in [0.5, 0.6) is 0 Å². The molecule has 12 heavy (non-hydrogen) atoms. The van der Waals surface area contributed by atoms with E-state index in [1.807, 2.05) is 12.1 Å². The van der Waals surface area contributed by atoms with Gasteiger partial charge in [-0.25, -0.2) is 4.99 Å². The normalized spacial score (nSPS) is 16.3. The molecule has 3 heteroatoms. The largest absolute Gasteiger partial charge is 0.273 e. The van der Waals surface area contributed by atoms with Crippen molar-refractivity contribution in [3.8, 4) is 0 Å². The van der Waals surface area contributed by atoms with Gasteiger partial charge < -0.3 is 0 Å². The molecule has 0 saturated heterocycles. The minimum Gasteiger partial charge on any atom is -0.273 e. The standard InChI is InChI=1S/C9H8N2O/c12-9-4-3-8(11-9)7-2-1-5-10-6-7/h1-2,5-6H,3-4H2. The van der Waals surface area contributed by atoms with Crippen molar-refractivity contribution in [3.05, 3.63) is 30.1 Å². The highest BCUT2D eigenvalue weighted by atomic mass is 16.1. The maximum atomic E-state index is 10.8. The first-order valence-electron chi connectivity index (χ1n) is 3.87. The van der Waals surface area contributed by atoms with Crippen molar-refractivity contribution in [1.82, 2.24) is 4.98 Å². The van der Waals surface area contributed by atoms with Crippen molar-refractivity contribution in [2.45, 2.75) is 12.8 Å². The number of rotatable bonds is 1. The highest BCUT2D eigenvalue weighted by Crippen LogP contribution is 2.12. The summed E-state index contributed by atoms with van der Waals surface area (Å²) in [5, 5.41) is 0. The number of hydrogen-bond acceptors (Lipinski definition) is 2. The number of hydrogen-bond donors (Lipinski definition) is 0. The summed E-state index contributed by atoms with van der Waals surface area (Å²) in [5.41, 5.74) is 1.83. The summed E-state index contributed by atoms with van der Waals surface area (Å²) in [6.45, 7) is 0. The average molecular weight is 160 g/mol. The zero-order valence-electron chi connectivity index (χ0n) is 6.53. The van der Waals surface area contributed by atoms with Crippen molar-refractivity contribution in [2.75, 3.05) is 0 Å². The fraction of sp³-hybridized carbons (Fsp3) is 0.222. The molecule has 3 nitrogen and oxygen atoms in total. The Hall–Kier alpha value is -1.51. The monoisotopic (exact) mass is 160 g/mol. The summed E-state index contributed by atoms with van der Waals surface area (Å²) in [6, 6.07) is 3.77. The molecule has 0 unspecified atom stereocenters. The zero-order valence-corrected chi connectivity index (χ0v) is 6.53. The maximum Gasteiger partial charge on any atom is 0.246 e. The number of carbonyl (C=O) groups excluding carboxylic acids is 1. The van der Waals surface area contributed by atoms with E-state index in [1.165, 1.54) is 0 Å². The van der Waals surface area contributed by atoms with Gasteiger partial charge in [-0.1, -0.05) is 6.07 Å². The van der Waals surface area contributed by atoms with Crippen LogP contribution < -0.4 is 0 Å². The van der Waals surface area contributed by atoms with Gasteiger partial charge in [0.2, 0.25) is 5.91 Å². The second kappa shape index (κ2) is 2.85. The van der Waals surface area contributed by atoms with Crippen molar-refractivity contribution in [1.29, 1.82) is 0 Å². The van der Waals surface area contributed by atoms with Crippen LogP contribution in [0.2, 0.25) is 0 Å². The van der Waals surface area contributed by atoms with E-state index in [9.17, 15) is 4.79 Å². The molecule has 2 heterocycles. The second-order valence-corrected chi connectivity index (χ2v) is 2.69. The van der Waals surface area contributed by atoms with E-state index in [0.29, 0.717) is 6.42 Å². The molecule has 1 aliphatic rings. The molecule has 1 aromatic rings. The summed E-state index contributed by atoms with van der Waals surface area (Å²) in [4.78, 5) is 18.7. The van der Waals surface area contributed by atoms with Crippen LogP contribution in [0.15, 0.2) is 29.5 Å². The lowest BCUT2D eigenvalue weighted by molar-refractivity contribution is -0.117. The summed E-state index contributed by atoms with van der Waals surface area (Å²) in [7, 11) is 0. The molecule has 1 amide bonds. The Kier molecular flexibility index (Phi) is 1.70. The molecular formula is C9H8N2O. The van der Waals surface area contributed by atoms with Crippen LogP contribution in [0, 0.1) is 0 Å². The lowest BCUT2D eigenvalue weighted by Gasteiger charge is -1.95. The lowest BCUT2D eigenvalue weighted by atomic mass is 10.1. The van der Waals surface area contributed by atoms with Crippen molar-refractivity contribution in [2.24, 2.45) is 4.99 Å². The number of pyridine rings is 1. The van der Waals surface area contributed by atoms with Crippen molar-refractivity contribution < 1.29 is 4.79 Å². The summed E-state index contributed by atoms with van der Waals surface area (Å²) >= 11 is 0. The molecular weight excluding hydrogens is 152 g/mol. The molecule has 0 saturated carbocycles. The second-order valence-electron chi connectivity index (χ2n) is 2.69. The predicted molar refractivity (Wildman–Crippen MR) is 45.0 cm³/mol. The highest BCUT2D eigenvalue weighted by Gasteiger charge is 2.14. The summed E-state index contributed by atoms with van der Waals surface area (Å²) < 4.78 is 0. The third kappa shape index (κ3) is 1.25.